The van der Waals surface area contributed by atoms with Gasteiger partial charge in [0.2, 0.25) is 5.82 Å². The number of para-hydroxylation sites is 2. The summed E-state index contributed by atoms with van der Waals surface area (Å²) in [5, 5.41) is 8.63. The van der Waals surface area contributed by atoms with Gasteiger partial charge in [0.15, 0.2) is 10.9 Å². The molecule has 0 N–H and O–H groups in total. The molecule has 0 fully saturated rings. The van der Waals surface area contributed by atoms with Crippen molar-refractivity contribution in [1.29, 1.82) is 0 Å². The lowest BCUT2D eigenvalue weighted by molar-refractivity contribution is -0.142. The Morgan fingerprint density at radius 3 is 2.77 bits per heavy atom. The summed E-state index contributed by atoms with van der Waals surface area (Å²) in [4.78, 5) is 12.0. The molecule has 0 aliphatic rings. The second-order valence-corrected chi connectivity index (χ2v) is 6.61. The summed E-state index contributed by atoms with van der Waals surface area (Å²) >= 11 is 1.27. The number of hydrogen-bond donors (Lipinski definition) is 0. The molecule has 3 aromatic rings. The molecule has 0 spiro atoms. The third kappa shape index (κ3) is 3.60. The van der Waals surface area contributed by atoms with Crippen molar-refractivity contribution in [2.24, 2.45) is 0 Å². The lowest BCUT2D eigenvalue weighted by Gasteiger charge is -2.14. The largest absolute Gasteiger partial charge is 0.495 e. The van der Waals surface area contributed by atoms with Crippen LogP contribution in [0.1, 0.15) is 13.8 Å². The van der Waals surface area contributed by atoms with Gasteiger partial charge in [-0.2, -0.15) is 0 Å². The molecule has 7 nitrogen and oxygen atoms in total. The summed E-state index contributed by atoms with van der Waals surface area (Å²) in [6.07, 6.45) is 1.57. The molecule has 1 aromatic carbocycles. The van der Waals surface area contributed by atoms with Gasteiger partial charge in [0.25, 0.3) is 0 Å². The maximum atomic E-state index is 12.0. The minimum atomic E-state index is -0.433. The van der Waals surface area contributed by atoms with E-state index < -0.39 is 5.25 Å². The molecule has 8 heteroatoms. The van der Waals surface area contributed by atoms with Crippen LogP contribution < -0.4 is 4.74 Å². The summed E-state index contributed by atoms with van der Waals surface area (Å²) in [5.74, 6) is 1.45. The first-order chi connectivity index (χ1) is 12.7. The van der Waals surface area contributed by atoms with Crippen molar-refractivity contribution in [2.45, 2.75) is 24.3 Å². The van der Waals surface area contributed by atoms with Crippen LogP contribution in [0.25, 0.3) is 17.3 Å². The summed E-state index contributed by atoms with van der Waals surface area (Å²) in [7, 11) is 1.60. The molecule has 0 saturated heterocycles. The molecule has 0 aliphatic heterocycles. The van der Waals surface area contributed by atoms with Crippen molar-refractivity contribution in [3.63, 3.8) is 0 Å². The minimum absolute atomic E-state index is 0.299. The van der Waals surface area contributed by atoms with Crippen LogP contribution in [0.15, 0.2) is 52.2 Å². The Morgan fingerprint density at radius 1 is 1.27 bits per heavy atom. The summed E-state index contributed by atoms with van der Waals surface area (Å²) in [5.41, 5.74) is 0.755. The van der Waals surface area contributed by atoms with Gasteiger partial charge in [0.05, 0.1) is 25.7 Å². The number of carbonyl (C=O) groups excluding carboxylic acids is 1. The van der Waals surface area contributed by atoms with Crippen molar-refractivity contribution >= 4 is 17.7 Å². The van der Waals surface area contributed by atoms with Crippen LogP contribution in [-0.2, 0) is 9.53 Å². The predicted molar refractivity (Wildman–Crippen MR) is 97.6 cm³/mol. The number of nitrogens with zero attached hydrogens (tertiary/aromatic N) is 3. The van der Waals surface area contributed by atoms with E-state index in [1.54, 1.807) is 39.4 Å². The molecule has 0 saturated carbocycles. The van der Waals surface area contributed by atoms with E-state index in [1.165, 1.54) is 11.8 Å². The fraction of sp³-hybridized carbons (Fsp3) is 0.278. The number of thioether (sulfide) groups is 1. The lowest BCUT2D eigenvalue weighted by atomic mass is 10.3. The van der Waals surface area contributed by atoms with Crippen molar-refractivity contribution in [2.75, 3.05) is 13.7 Å². The van der Waals surface area contributed by atoms with Gasteiger partial charge >= 0.3 is 5.97 Å². The molecule has 0 aliphatic carbocycles. The summed E-state index contributed by atoms with van der Waals surface area (Å²) in [6.45, 7) is 3.89. The van der Waals surface area contributed by atoms with Gasteiger partial charge in [-0.15, -0.1) is 10.2 Å². The molecule has 136 valence electrons. The van der Waals surface area contributed by atoms with E-state index in [2.05, 4.69) is 10.2 Å². The van der Waals surface area contributed by atoms with Crippen molar-refractivity contribution in [3.8, 4) is 23.0 Å². The number of benzene rings is 1. The maximum Gasteiger partial charge on any atom is 0.319 e. The number of carbonyl (C=O) groups is 1. The SMILES string of the molecule is CCOC(=O)[C@H](C)Sc1nnc(-c2ccco2)n1-c1ccccc1OC. The van der Waals surface area contributed by atoms with Gasteiger partial charge in [-0.05, 0) is 38.1 Å². The minimum Gasteiger partial charge on any atom is -0.495 e. The maximum absolute atomic E-state index is 12.0. The molecule has 26 heavy (non-hydrogen) atoms. The number of methoxy groups -OCH3 is 1. The Hall–Kier alpha value is -2.74. The molecular formula is C18H19N3O4S. The Bertz CT molecular complexity index is 876. The highest BCUT2D eigenvalue weighted by molar-refractivity contribution is 8.00. The van der Waals surface area contributed by atoms with Crippen molar-refractivity contribution in [1.82, 2.24) is 14.8 Å². The van der Waals surface area contributed by atoms with E-state index in [1.807, 2.05) is 28.8 Å². The van der Waals surface area contributed by atoms with Crippen molar-refractivity contribution < 1.29 is 18.7 Å². The van der Waals surface area contributed by atoms with Gasteiger partial charge in [-0.1, -0.05) is 23.9 Å². The molecule has 0 amide bonds. The molecular weight excluding hydrogens is 354 g/mol. The molecule has 0 radical (unpaired) electrons. The Kier molecular flexibility index (Phi) is 5.62. The summed E-state index contributed by atoms with van der Waals surface area (Å²) < 4.78 is 17.9. The molecule has 1 atom stereocenters. The molecule has 3 rings (SSSR count). The average Bonchev–Trinajstić information content (AvgIpc) is 3.31. The molecule has 0 unspecified atom stereocenters. The molecule has 2 heterocycles. The normalized spacial score (nSPS) is 12.0. The molecule has 0 bridgehead atoms. The fourth-order valence-corrected chi connectivity index (χ4v) is 3.27. The monoisotopic (exact) mass is 373 g/mol. The zero-order valence-electron chi connectivity index (χ0n) is 14.7. The highest BCUT2D eigenvalue weighted by atomic mass is 32.2. The van der Waals surface area contributed by atoms with Gasteiger partial charge in [-0.3, -0.25) is 9.36 Å². The number of rotatable bonds is 7. The highest BCUT2D eigenvalue weighted by Gasteiger charge is 2.24. The van der Waals surface area contributed by atoms with E-state index in [4.69, 9.17) is 13.9 Å². The van der Waals surface area contributed by atoms with Crippen LogP contribution in [0.5, 0.6) is 5.75 Å². The Labute approximate surface area is 155 Å². The van der Waals surface area contributed by atoms with Crippen LogP contribution in [-0.4, -0.2) is 39.7 Å². The zero-order valence-corrected chi connectivity index (χ0v) is 15.5. The number of ether oxygens (including phenoxy) is 2. The topological polar surface area (TPSA) is 79.4 Å². The van der Waals surface area contributed by atoms with Crippen molar-refractivity contribution in [3.05, 3.63) is 42.7 Å². The third-order valence-corrected chi connectivity index (χ3v) is 4.62. The van der Waals surface area contributed by atoms with E-state index in [-0.39, 0.29) is 5.97 Å². The number of hydrogen-bond acceptors (Lipinski definition) is 7. The van der Waals surface area contributed by atoms with E-state index >= 15 is 0 Å². The number of furan rings is 1. The van der Waals surface area contributed by atoms with Gasteiger partial charge in [-0.25, -0.2) is 0 Å². The first-order valence-electron chi connectivity index (χ1n) is 8.11. The van der Waals surface area contributed by atoms with Crippen LogP contribution >= 0.6 is 11.8 Å². The third-order valence-electron chi connectivity index (χ3n) is 3.60. The predicted octanol–water partition coefficient (Wildman–Crippen LogP) is 3.58. The van der Waals surface area contributed by atoms with E-state index in [0.29, 0.717) is 29.1 Å². The van der Waals surface area contributed by atoms with Crippen LogP contribution in [0.3, 0.4) is 0 Å². The van der Waals surface area contributed by atoms with Gasteiger partial charge in [0, 0.05) is 0 Å². The quantitative estimate of drug-likeness (QED) is 0.462. The van der Waals surface area contributed by atoms with Gasteiger partial charge in [0.1, 0.15) is 11.0 Å². The smallest absolute Gasteiger partial charge is 0.319 e. The van der Waals surface area contributed by atoms with Gasteiger partial charge < -0.3 is 13.9 Å². The zero-order chi connectivity index (χ0) is 18.5. The van der Waals surface area contributed by atoms with Crippen LogP contribution in [0.2, 0.25) is 0 Å². The summed E-state index contributed by atoms with van der Waals surface area (Å²) in [6, 6.07) is 11.1. The first-order valence-corrected chi connectivity index (χ1v) is 8.99. The first kappa shape index (κ1) is 18.1. The number of aromatic nitrogens is 3. The molecule has 2 aromatic heterocycles. The number of esters is 1. The van der Waals surface area contributed by atoms with Crippen LogP contribution in [0.4, 0.5) is 0 Å². The standard InChI is InChI=1S/C18H19N3O4S/c1-4-24-17(22)12(2)26-18-20-19-16(15-10-7-11-25-15)21(18)13-8-5-6-9-14(13)23-3/h5-12H,4H2,1-3H3/t12-/m0/s1. The lowest BCUT2D eigenvalue weighted by Crippen LogP contribution is -2.17. The highest BCUT2D eigenvalue weighted by Crippen LogP contribution is 2.34. The average molecular weight is 373 g/mol. The van der Waals surface area contributed by atoms with E-state index in [0.717, 1.165) is 5.69 Å². The van der Waals surface area contributed by atoms with E-state index in [9.17, 15) is 4.79 Å². The second-order valence-electron chi connectivity index (χ2n) is 5.30. The van der Waals surface area contributed by atoms with Crippen LogP contribution in [0, 0.1) is 0 Å². The second kappa shape index (κ2) is 8.09. The Morgan fingerprint density at radius 2 is 2.08 bits per heavy atom. The Balaban J connectivity index is 2.07. The fourth-order valence-electron chi connectivity index (χ4n) is 2.41.